The normalized spacial score (nSPS) is 12.4. The molecule has 3 nitrogen and oxygen atoms in total. The van der Waals surface area contributed by atoms with Gasteiger partial charge in [0.2, 0.25) is 0 Å². The SMILES string of the molecule is Cc1nc(-c2ccc(F)cc2)sc1COC(=O)CP(Br)(c1ccccc1)(c1ccccc1)c1ccccc1. The third kappa shape index (κ3) is 4.96. The van der Waals surface area contributed by atoms with Crippen LogP contribution in [0.15, 0.2) is 115 Å². The van der Waals surface area contributed by atoms with E-state index in [0.717, 1.165) is 37.1 Å². The Balaban J connectivity index is 1.49. The van der Waals surface area contributed by atoms with Crippen LogP contribution in [0.1, 0.15) is 10.6 Å². The average Bonchev–Trinajstić information content (AvgIpc) is 3.34. The molecule has 0 bridgehead atoms. The first kappa shape index (κ1) is 26.4. The molecule has 0 radical (unpaired) electrons. The molecule has 5 rings (SSSR count). The number of aromatic nitrogens is 1. The molecule has 4 aromatic carbocycles. The van der Waals surface area contributed by atoms with E-state index in [9.17, 15) is 9.18 Å². The fourth-order valence-corrected chi connectivity index (χ4v) is 12.8. The Morgan fingerprint density at radius 3 is 1.76 bits per heavy atom. The first-order valence-electron chi connectivity index (χ1n) is 12.2. The van der Waals surface area contributed by atoms with Crippen molar-refractivity contribution < 1.29 is 13.9 Å². The first-order valence-corrected chi connectivity index (χ1v) is 17.4. The zero-order chi connectivity index (χ0) is 26.6. The van der Waals surface area contributed by atoms with Crippen LogP contribution in [0.4, 0.5) is 4.39 Å². The summed E-state index contributed by atoms with van der Waals surface area (Å²) in [5, 5.41) is 0.517. The minimum absolute atomic E-state index is 0.126. The summed E-state index contributed by atoms with van der Waals surface area (Å²) in [5.41, 5.74) is 1.63. The predicted molar refractivity (Wildman–Crippen MR) is 161 cm³/mol. The van der Waals surface area contributed by atoms with E-state index in [1.807, 2.05) is 61.5 Å². The maximum absolute atomic E-state index is 13.7. The number of hydrogen-bond acceptors (Lipinski definition) is 4. The molecule has 0 atom stereocenters. The van der Waals surface area contributed by atoms with Crippen molar-refractivity contribution in [3.8, 4) is 10.6 Å². The van der Waals surface area contributed by atoms with Gasteiger partial charge in [-0.05, 0) is 0 Å². The number of halogens is 2. The summed E-state index contributed by atoms with van der Waals surface area (Å²) in [7, 11) is 0. The molecule has 7 heteroatoms. The summed E-state index contributed by atoms with van der Waals surface area (Å²) in [6.07, 6.45) is 0.159. The van der Waals surface area contributed by atoms with Crippen molar-refractivity contribution in [1.29, 1.82) is 0 Å². The third-order valence-corrected chi connectivity index (χ3v) is 17.3. The van der Waals surface area contributed by atoms with Gasteiger partial charge in [0.15, 0.2) is 0 Å². The molecular formula is C31H26BrFNO2PS. The number of esters is 1. The van der Waals surface area contributed by atoms with Crippen molar-refractivity contribution in [1.82, 2.24) is 4.98 Å². The summed E-state index contributed by atoms with van der Waals surface area (Å²) >= 11 is 5.74. The van der Waals surface area contributed by atoms with Gasteiger partial charge in [-0.25, -0.2) is 0 Å². The number of benzene rings is 4. The number of ether oxygens (including phenoxy) is 1. The van der Waals surface area contributed by atoms with Crippen LogP contribution in [-0.4, -0.2) is 17.1 Å². The van der Waals surface area contributed by atoms with E-state index < -0.39 is 5.31 Å². The molecule has 0 aliphatic heterocycles. The van der Waals surface area contributed by atoms with E-state index in [0.29, 0.717) is 0 Å². The predicted octanol–water partition coefficient (Wildman–Crippen LogP) is 7.14. The van der Waals surface area contributed by atoms with Gasteiger partial charge in [-0.15, -0.1) is 0 Å². The van der Waals surface area contributed by atoms with Crippen molar-refractivity contribution in [2.75, 3.05) is 6.16 Å². The van der Waals surface area contributed by atoms with Gasteiger partial charge in [0.05, 0.1) is 0 Å². The molecule has 0 aliphatic rings. The van der Waals surface area contributed by atoms with Crippen molar-refractivity contribution >= 4 is 54.0 Å². The molecular weight excluding hydrogens is 580 g/mol. The monoisotopic (exact) mass is 605 g/mol. The molecule has 5 aromatic rings. The van der Waals surface area contributed by atoms with Gasteiger partial charge in [-0.3, -0.25) is 0 Å². The number of carbonyl (C=O) groups is 1. The zero-order valence-electron chi connectivity index (χ0n) is 20.8. The molecule has 1 aromatic heterocycles. The van der Waals surface area contributed by atoms with Crippen LogP contribution in [0.3, 0.4) is 0 Å². The number of nitrogens with zero attached hydrogens (tertiary/aromatic N) is 1. The van der Waals surface area contributed by atoms with E-state index in [4.69, 9.17) is 4.74 Å². The van der Waals surface area contributed by atoms with Crippen molar-refractivity contribution in [3.63, 3.8) is 0 Å². The second-order valence-electron chi connectivity index (χ2n) is 9.04. The van der Waals surface area contributed by atoms with Gasteiger partial charge in [0.25, 0.3) is 0 Å². The molecule has 0 saturated heterocycles. The van der Waals surface area contributed by atoms with Crippen molar-refractivity contribution in [2.24, 2.45) is 0 Å². The van der Waals surface area contributed by atoms with Gasteiger partial charge in [-0.2, -0.15) is 0 Å². The molecule has 0 amide bonds. The number of rotatable bonds is 8. The molecule has 0 saturated carbocycles. The van der Waals surface area contributed by atoms with E-state index in [-0.39, 0.29) is 24.6 Å². The summed E-state index contributed by atoms with van der Waals surface area (Å²) in [4.78, 5) is 19.2. The Labute approximate surface area is 234 Å². The molecule has 0 unspecified atom stereocenters. The van der Waals surface area contributed by atoms with Gasteiger partial charge < -0.3 is 0 Å². The topological polar surface area (TPSA) is 39.2 Å². The Morgan fingerprint density at radius 2 is 1.29 bits per heavy atom. The van der Waals surface area contributed by atoms with Gasteiger partial charge in [0, 0.05) is 0 Å². The van der Waals surface area contributed by atoms with Crippen LogP contribution in [-0.2, 0) is 16.1 Å². The molecule has 0 spiro atoms. The second-order valence-corrected chi connectivity index (χ2v) is 19.1. The summed E-state index contributed by atoms with van der Waals surface area (Å²) in [5.74, 6) is -0.588. The molecule has 192 valence electrons. The summed E-state index contributed by atoms with van der Waals surface area (Å²) < 4.78 is 19.3. The van der Waals surface area contributed by atoms with E-state index >= 15 is 0 Å². The number of carbonyl (C=O) groups excluding carboxylic acids is 1. The van der Waals surface area contributed by atoms with Crippen LogP contribution in [0.2, 0.25) is 0 Å². The van der Waals surface area contributed by atoms with Crippen LogP contribution < -0.4 is 15.9 Å². The van der Waals surface area contributed by atoms with E-state index in [1.165, 1.54) is 23.5 Å². The molecule has 0 aliphatic carbocycles. The van der Waals surface area contributed by atoms with Gasteiger partial charge >= 0.3 is 235 Å². The quantitative estimate of drug-likeness (QED) is 0.139. The second kappa shape index (κ2) is 10.9. The number of thiazole rings is 1. The standard InChI is InChI=1S/C31H26BrFNO2PS/c1-23-29(38-31(34-23)24-17-19-25(33)20-18-24)21-36-30(35)22-37(32,26-11-5-2-6-12-26,27-13-7-3-8-14-27)28-15-9-4-10-16-28/h2-20H,21-22H2,1H3. The van der Waals surface area contributed by atoms with Crippen LogP contribution in [0.25, 0.3) is 10.6 Å². The average molecular weight is 606 g/mol. The molecule has 0 N–H and O–H groups in total. The van der Waals surface area contributed by atoms with Crippen molar-refractivity contribution in [2.45, 2.75) is 13.5 Å². The van der Waals surface area contributed by atoms with E-state index in [2.05, 4.69) is 56.9 Å². The van der Waals surface area contributed by atoms with Crippen LogP contribution in [0.5, 0.6) is 0 Å². The van der Waals surface area contributed by atoms with Crippen LogP contribution >= 0.6 is 32.1 Å². The Hall–Kier alpha value is -3.18. The molecule has 1 heterocycles. The fourth-order valence-electron chi connectivity index (χ4n) is 4.65. The number of hydrogen-bond donors (Lipinski definition) is 0. The third-order valence-electron chi connectivity index (χ3n) is 6.66. The Bertz CT molecular complexity index is 1440. The minimum atomic E-state index is -3.42. The fraction of sp³-hybridized carbons (Fsp3) is 0.0968. The zero-order valence-corrected chi connectivity index (χ0v) is 24.1. The number of aryl methyl sites for hydroxylation is 1. The first-order chi connectivity index (χ1) is 18.4. The maximum atomic E-state index is 13.7. The summed E-state index contributed by atoms with van der Waals surface area (Å²) in [6, 6.07) is 36.8. The Morgan fingerprint density at radius 1 is 0.816 bits per heavy atom. The van der Waals surface area contributed by atoms with Crippen LogP contribution in [0, 0.1) is 12.7 Å². The Kier molecular flexibility index (Phi) is 7.58. The van der Waals surface area contributed by atoms with Gasteiger partial charge in [-0.1, -0.05) is 0 Å². The molecule has 0 fully saturated rings. The molecule has 38 heavy (non-hydrogen) atoms. The summed E-state index contributed by atoms with van der Waals surface area (Å²) in [6.45, 7) is 2.02. The van der Waals surface area contributed by atoms with E-state index in [1.54, 1.807) is 12.1 Å². The van der Waals surface area contributed by atoms with Gasteiger partial charge in [0.1, 0.15) is 0 Å². The van der Waals surface area contributed by atoms with Crippen molar-refractivity contribution in [3.05, 3.63) is 132 Å².